The molecule has 6 nitrogen and oxygen atoms in total. The van der Waals surface area contributed by atoms with Crippen LogP contribution in [0, 0.1) is 0 Å². The first-order valence-corrected chi connectivity index (χ1v) is 5.64. The number of phenolic OH excluding ortho intramolecular Hbond substituents is 1. The van der Waals surface area contributed by atoms with E-state index in [9.17, 15) is 15.0 Å². The van der Waals surface area contributed by atoms with E-state index in [4.69, 9.17) is 0 Å². The Kier molecular flexibility index (Phi) is 2.31. The van der Waals surface area contributed by atoms with Gasteiger partial charge in [0.1, 0.15) is 11.3 Å². The van der Waals surface area contributed by atoms with Crippen molar-refractivity contribution in [3.8, 4) is 17.0 Å². The Morgan fingerprint density at radius 1 is 1.42 bits per heavy atom. The molecule has 0 unspecified atom stereocenters. The van der Waals surface area contributed by atoms with Gasteiger partial charge in [0.2, 0.25) is 0 Å². The van der Waals surface area contributed by atoms with Gasteiger partial charge in [0.05, 0.1) is 17.3 Å². The number of nitrogens with one attached hydrogen (secondary N) is 1. The van der Waals surface area contributed by atoms with Crippen LogP contribution < -0.4 is 0 Å². The van der Waals surface area contributed by atoms with Crippen molar-refractivity contribution in [1.29, 1.82) is 0 Å². The molecule has 0 saturated heterocycles. The van der Waals surface area contributed by atoms with Gasteiger partial charge in [0, 0.05) is 24.3 Å². The molecule has 0 fully saturated rings. The molecule has 3 N–H and O–H groups in total. The van der Waals surface area contributed by atoms with E-state index in [1.807, 2.05) is 6.07 Å². The summed E-state index contributed by atoms with van der Waals surface area (Å²) in [6, 6.07) is 5.10. The van der Waals surface area contributed by atoms with Gasteiger partial charge in [-0.1, -0.05) is 6.07 Å². The summed E-state index contributed by atoms with van der Waals surface area (Å²) < 4.78 is 1.48. The van der Waals surface area contributed by atoms with E-state index in [1.165, 1.54) is 10.9 Å². The van der Waals surface area contributed by atoms with E-state index in [2.05, 4.69) is 10.1 Å². The fraction of sp³-hybridized carbons (Fsp3) is 0.0769. The number of phenols is 1. The average molecular weight is 257 g/mol. The number of carboxylic acid groups (broad SMARTS) is 1. The van der Waals surface area contributed by atoms with Gasteiger partial charge >= 0.3 is 5.97 Å². The molecule has 3 aromatic rings. The SMILES string of the molecule is Cn1ncc(C(=O)O)c1-c1c[nH]c2cccc(O)c12. The lowest BCUT2D eigenvalue weighted by atomic mass is 10.1. The molecular weight excluding hydrogens is 246 g/mol. The topological polar surface area (TPSA) is 91.1 Å². The monoisotopic (exact) mass is 257 g/mol. The molecule has 0 bridgehead atoms. The first kappa shape index (κ1) is 11.3. The molecule has 1 aromatic carbocycles. The Morgan fingerprint density at radius 2 is 2.21 bits per heavy atom. The molecule has 3 rings (SSSR count). The Balaban J connectivity index is 2.37. The number of aromatic nitrogens is 3. The van der Waals surface area contributed by atoms with Crippen LogP contribution >= 0.6 is 0 Å². The summed E-state index contributed by atoms with van der Waals surface area (Å²) in [5.74, 6) is -0.945. The zero-order valence-electron chi connectivity index (χ0n) is 10.1. The van der Waals surface area contributed by atoms with E-state index in [0.717, 1.165) is 5.52 Å². The molecule has 0 spiro atoms. The standard InChI is InChI=1S/C13H11N3O3/c1-16-12(8(6-15-16)13(18)19)7-5-14-9-3-2-4-10(17)11(7)9/h2-6,14,17H,1H3,(H,18,19). The van der Waals surface area contributed by atoms with E-state index < -0.39 is 5.97 Å². The fourth-order valence-corrected chi connectivity index (χ4v) is 2.27. The normalized spacial score (nSPS) is 11.0. The first-order chi connectivity index (χ1) is 9.09. The van der Waals surface area contributed by atoms with Crippen LogP contribution in [-0.2, 0) is 7.05 Å². The Bertz CT molecular complexity index is 786. The van der Waals surface area contributed by atoms with Crippen LogP contribution in [0.25, 0.3) is 22.2 Å². The van der Waals surface area contributed by atoms with Crippen LogP contribution in [0.5, 0.6) is 5.75 Å². The highest BCUT2D eigenvalue weighted by molar-refractivity contribution is 6.04. The van der Waals surface area contributed by atoms with Gasteiger partial charge in [-0.15, -0.1) is 0 Å². The number of H-pyrrole nitrogens is 1. The summed E-state index contributed by atoms with van der Waals surface area (Å²) in [5.41, 5.74) is 1.92. The number of fused-ring (bicyclic) bond motifs is 1. The number of rotatable bonds is 2. The van der Waals surface area contributed by atoms with Gasteiger partial charge in [0.25, 0.3) is 0 Å². The van der Waals surface area contributed by atoms with Gasteiger partial charge in [-0.25, -0.2) is 4.79 Å². The summed E-state index contributed by atoms with van der Waals surface area (Å²) in [6.45, 7) is 0. The molecule has 0 radical (unpaired) electrons. The number of nitrogens with zero attached hydrogens (tertiary/aromatic N) is 2. The summed E-state index contributed by atoms with van der Waals surface area (Å²) in [6.07, 6.45) is 2.98. The lowest BCUT2D eigenvalue weighted by Crippen LogP contribution is -2.00. The molecule has 19 heavy (non-hydrogen) atoms. The third-order valence-electron chi connectivity index (χ3n) is 3.11. The van der Waals surface area contributed by atoms with Crippen LogP contribution in [-0.4, -0.2) is 30.9 Å². The fourth-order valence-electron chi connectivity index (χ4n) is 2.27. The minimum atomic E-state index is -1.05. The zero-order chi connectivity index (χ0) is 13.6. The van der Waals surface area contributed by atoms with E-state index in [-0.39, 0.29) is 11.3 Å². The van der Waals surface area contributed by atoms with Gasteiger partial charge in [0.15, 0.2) is 0 Å². The Hall–Kier alpha value is -2.76. The lowest BCUT2D eigenvalue weighted by Gasteiger charge is -2.03. The second-order valence-corrected chi connectivity index (χ2v) is 4.24. The highest BCUT2D eigenvalue weighted by atomic mass is 16.4. The zero-order valence-corrected chi connectivity index (χ0v) is 10.1. The third kappa shape index (κ3) is 1.57. The molecule has 0 atom stereocenters. The molecule has 2 aromatic heterocycles. The second kappa shape index (κ2) is 3.88. The number of aromatic amines is 1. The van der Waals surface area contributed by atoms with Crippen LogP contribution in [0.1, 0.15) is 10.4 Å². The van der Waals surface area contributed by atoms with Crippen molar-refractivity contribution in [2.75, 3.05) is 0 Å². The number of aryl methyl sites for hydroxylation is 1. The second-order valence-electron chi connectivity index (χ2n) is 4.24. The molecular formula is C13H11N3O3. The third-order valence-corrected chi connectivity index (χ3v) is 3.11. The summed E-state index contributed by atoms with van der Waals surface area (Å²) in [5, 5.41) is 23.7. The number of benzene rings is 1. The average Bonchev–Trinajstić information content (AvgIpc) is 2.93. The van der Waals surface area contributed by atoms with Gasteiger partial charge < -0.3 is 15.2 Å². The molecule has 0 aliphatic carbocycles. The summed E-state index contributed by atoms with van der Waals surface area (Å²) in [7, 11) is 1.67. The van der Waals surface area contributed by atoms with Crippen molar-refractivity contribution in [1.82, 2.24) is 14.8 Å². The molecule has 0 aliphatic heterocycles. The number of hydrogen-bond donors (Lipinski definition) is 3. The van der Waals surface area contributed by atoms with Crippen LogP contribution in [0.15, 0.2) is 30.6 Å². The summed E-state index contributed by atoms with van der Waals surface area (Å²) in [4.78, 5) is 14.2. The van der Waals surface area contributed by atoms with Gasteiger partial charge in [-0.3, -0.25) is 4.68 Å². The largest absolute Gasteiger partial charge is 0.507 e. The number of carboxylic acids is 1. The molecule has 0 amide bonds. The van der Waals surface area contributed by atoms with Crippen molar-refractivity contribution >= 4 is 16.9 Å². The van der Waals surface area contributed by atoms with Crippen LogP contribution in [0.2, 0.25) is 0 Å². The number of aromatic hydroxyl groups is 1. The van der Waals surface area contributed by atoms with Gasteiger partial charge in [-0.2, -0.15) is 5.10 Å². The Morgan fingerprint density at radius 3 is 2.95 bits per heavy atom. The number of hydrogen-bond acceptors (Lipinski definition) is 3. The maximum Gasteiger partial charge on any atom is 0.339 e. The van der Waals surface area contributed by atoms with Crippen LogP contribution in [0.3, 0.4) is 0 Å². The lowest BCUT2D eigenvalue weighted by molar-refractivity contribution is 0.0697. The highest BCUT2D eigenvalue weighted by Crippen LogP contribution is 2.35. The van der Waals surface area contributed by atoms with Crippen LogP contribution in [0.4, 0.5) is 0 Å². The minimum absolute atomic E-state index is 0.103. The van der Waals surface area contributed by atoms with E-state index in [1.54, 1.807) is 25.4 Å². The number of carbonyl (C=O) groups is 1. The number of aromatic carboxylic acids is 1. The molecule has 96 valence electrons. The quantitative estimate of drug-likeness (QED) is 0.654. The van der Waals surface area contributed by atoms with Crippen molar-refractivity contribution in [3.05, 3.63) is 36.2 Å². The van der Waals surface area contributed by atoms with Gasteiger partial charge in [-0.05, 0) is 12.1 Å². The summed E-state index contributed by atoms with van der Waals surface area (Å²) >= 11 is 0. The van der Waals surface area contributed by atoms with Crippen molar-refractivity contribution in [2.24, 2.45) is 7.05 Å². The highest BCUT2D eigenvalue weighted by Gasteiger charge is 2.20. The molecule has 0 saturated carbocycles. The van der Waals surface area contributed by atoms with Crippen molar-refractivity contribution < 1.29 is 15.0 Å². The van der Waals surface area contributed by atoms with Crippen molar-refractivity contribution in [3.63, 3.8) is 0 Å². The maximum atomic E-state index is 11.2. The predicted octanol–water partition coefficient (Wildman–Crippen LogP) is 1.97. The first-order valence-electron chi connectivity index (χ1n) is 5.64. The van der Waals surface area contributed by atoms with E-state index in [0.29, 0.717) is 16.6 Å². The molecule has 6 heteroatoms. The Labute approximate surface area is 107 Å². The minimum Gasteiger partial charge on any atom is -0.507 e. The van der Waals surface area contributed by atoms with E-state index >= 15 is 0 Å². The smallest absolute Gasteiger partial charge is 0.339 e. The molecule has 2 heterocycles. The predicted molar refractivity (Wildman–Crippen MR) is 69.1 cm³/mol. The molecule has 0 aliphatic rings. The van der Waals surface area contributed by atoms with Crippen molar-refractivity contribution in [2.45, 2.75) is 0 Å². The maximum absolute atomic E-state index is 11.2.